The highest BCUT2D eigenvalue weighted by Gasteiger charge is 2.19. The predicted molar refractivity (Wildman–Crippen MR) is 109 cm³/mol. The first-order chi connectivity index (χ1) is 13.8. The number of ether oxygens (including phenoxy) is 1. The number of amides is 1. The van der Waals surface area contributed by atoms with Crippen LogP contribution in [0.2, 0.25) is 5.02 Å². The number of carbonyl (C=O) groups is 2. The molecule has 0 aliphatic carbocycles. The van der Waals surface area contributed by atoms with Gasteiger partial charge in [-0.15, -0.1) is 11.3 Å². The van der Waals surface area contributed by atoms with Gasteiger partial charge in [-0.3, -0.25) is 20.2 Å². The summed E-state index contributed by atoms with van der Waals surface area (Å²) in [5.41, 5.74) is 1.18. The van der Waals surface area contributed by atoms with E-state index in [1.54, 1.807) is 0 Å². The van der Waals surface area contributed by atoms with E-state index >= 15 is 0 Å². The van der Waals surface area contributed by atoms with E-state index in [1.165, 1.54) is 23.5 Å². The summed E-state index contributed by atoms with van der Waals surface area (Å²) in [6, 6.07) is 12.9. The molecule has 2 aromatic carbocycles. The van der Waals surface area contributed by atoms with Crippen LogP contribution in [0.15, 0.2) is 48.5 Å². The number of rotatable bonds is 6. The van der Waals surface area contributed by atoms with Gasteiger partial charge >= 0.3 is 5.97 Å². The lowest BCUT2D eigenvalue weighted by Gasteiger charge is -2.06. The number of aryl methyl sites for hydroxylation is 1. The first-order valence-corrected chi connectivity index (χ1v) is 9.48. The molecule has 0 unspecified atom stereocenters. The minimum absolute atomic E-state index is 0.0101. The van der Waals surface area contributed by atoms with E-state index in [0.29, 0.717) is 5.13 Å². The number of nitrogens with one attached hydrogen (secondary N) is 1. The fourth-order valence-corrected chi connectivity index (χ4v) is 3.51. The molecule has 0 aliphatic rings. The standard InChI is InChI=1S/C19H14ClN3O5S/c1-11-17(12-5-3-2-4-6-12)22-19(29-11)21-16(24)10-28-18(25)14-9-13(23(26)27)7-8-15(14)20/h2-9H,10H2,1H3,(H,21,22,24). The molecule has 1 aromatic heterocycles. The van der Waals surface area contributed by atoms with Crippen LogP contribution < -0.4 is 5.32 Å². The number of esters is 1. The Kier molecular flexibility index (Phi) is 6.20. The van der Waals surface area contributed by atoms with E-state index in [4.69, 9.17) is 16.3 Å². The van der Waals surface area contributed by atoms with Crippen molar-refractivity contribution >= 4 is 45.6 Å². The number of carbonyl (C=O) groups excluding carboxylic acids is 2. The average molecular weight is 432 g/mol. The molecule has 1 amide bonds. The van der Waals surface area contributed by atoms with Crippen molar-refractivity contribution in [3.8, 4) is 11.3 Å². The lowest BCUT2D eigenvalue weighted by atomic mass is 10.1. The van der Waals surface area contributed by atoms with Gasteiger partial charge in [0.15, 0.2) is 11.7 Å². The highest BCUT2D eigenvalue weighted by atomic mass is 35.5. The van der Waals surface area contributed by atoms with Gasteiger partial charge in [-0.2, -0.15) is 0 Å². The Hall–Kier alpha value is -3.30. The number of hydrogen-bond acceptors (Lipinski definition) is 7. The molecule has 0 atom stereocenters. The van der Waals surface area contributed by atoms with Crippen LogP contribution in [-0.2, 0) is 9.53 Å². The fraction of sp³-hybridized carbons (Fsp3) is 0.105. The minimum atomic E-state index is -0.936. The maximum Gasteiger partial charge on any atom is 0.340 e. The molecule has 0 fully saturated rings. The van der Waals surface area contributed by atoms with Crippen LogP contribution in [0.25, 0.3) is 11.3 Å². The van der Waals surface area contributed by atoms with E-state index in [9.17, 15) is 19.7 Å². The molecule has 29 heavy (non-hydrogen) atoms. The van der Waals surface area contributed by atoms with Crippen molar-refractivity contribution in [2.24, 2.45) is 0 Å². The Labute approximate surface area is 174 Å². The molecule has 1 heterocycles. The van der Waals surface area contributed by atoms with Crippen LogP contribution in [-0.4, -0.2) is 28.4 Å². The molecule has 3 rings (SSSR count). The van der Waals surface area contributed by atoms with Crippen LogP contribution in [0.5, 0.6) is 0 Å². The maximum atomic E-state index is 12.1. The largest absolute Gasteiger partial charge is 0.452 e. The molecule has 0 aliphatic heterocycles. The summed E-state index contributed by atoms with van der Waals surface area (Å²) < 4.78 is 4.92. The molecule has 148 valence electrons. The summed E-state index contributed by atoms with van der Waals surface area (Å²) in [6.45, 7) is 1.30. The van der Waals surface area contributed by atoms with E-state index in [-0.39, 0.29) is 16.3 Å². The van der Waals surface area contributed by atoms with Gasteiger partial charge in [0.1, 0.15) is 0 Å². The number of anilines is 1. The quantitative estimate of drug-likeness (QED) is 0.350. The molecular weight excluding hydrogens is 418 g/mol. The van der Waals surface area contributed by atoms with Gasteiger partial charge in [0.2, 0.25) is 0 Å². The van der Waals surface area contributed by atoms with E-state index in [1.807, 2.05) is 37.3 Å². The van der Waals surface area contributed by atoms with Crippen molar-refractivity contribution in [2.45, 2.75) is 6.92 Å². The number of hydrogen-bond donors (Lipinski definition) is 1. The second-order valence-electron chi connectivity index (χ2n) is 5.84. The minimum Gasteiger partial charge on any atom is -0.452 e. The van der Waals surface area contributed by atoms with E-state index in [0.717, 1.165) is 22.2 Å². The first-order valence-electron chi connectivity index (χ1n) is 8.29. The highest BCUT2D eigenvalue weighted by molar-refractivity contribution is 7.16. The average Bonchev–Trinajstić information content (AvgIpc) is 3.07. The molecule has 0 saturated heterocycles. The van der Waals surface area contributed by atoms with Crippen molar-refractivity contribution in [3.05, 3.63) is 74.1 Å². The van der Waals surface area contributed by atoms with Gasteiger partial charge in [-0.1, -0.05) is 41.9 Å². The molecule has 3 aromatic rings. The zero-order chi connectivity index (χ0) is 21.0. The Bertz CT molecular complexity index is 1080. The van der Waals surface area contributed by atoms with Gasteiger partial charge in [0.05, 0.1) is 21.2 Å². The van der Waals surface area contributed by atoms with Crippen LogP contribution in [0.1, 0.15) is 15.2 Å². The summed E-state index contributed by atoms with van der Waals surface area (Å²) in [5.74, 6) is -1.53. The molecule has 0 saturated carbocycles. The number of halogens is 1. The normalized spacial score (nSPS) is 10.4. The topological polar surface area (TPSA) is 111 Å². The number of nitro groups is 1. The Morgan fingerprint density at radius 2 is 1.97 bits per heavy atom. The Morgan fingerprint density at radius 3 is 2.66 bits per heavy atom. The Balaban J connectivity index is 1.63. The molecule has 8 nitrogen and oxygen atoms in total. The molecule has 0 spiro atoms. The fourth-order valence-electron chi connectivity index (χ4n) is 2.46. The molecule has 0 radical (unpaired) electrons. The third kappa shape index (κ3) is 4.95. The van der Waals surface area contributed by atoms with Crippen LogP contribution in [0.4, 0.5) is 10.8 Å². The smallest absolute Gasteiger partial charge is 0.340 e. The van der Waals surface area contributed by atoms with Crippen molar-refractivity contribution in [2.75, 3.05) is 11.9 Å². The number of aromatic nitrogens is 1. The second-order valence-corrected chi connectivity index (χ2v) is 7.45. The van der Waals surface area contributed by atoms with Crippen molar-refractivity contribution in [1.82, 2.24) is 4.98 Å². The van der Waals surface area contributed by atoms with Crippen LogP contribution >= 0.6 is 22.9 Å². The number of nitrogens with zero attached hydrogens (tertiary/aromatic N) is 2. The monoisotopic (exact) mass is 431 g/mol. The first kappa shape index (κ1) is 20.4. The summed E-state index contributed by atoms with van der Waals surface area (Å²) in [4.78, 5) is 39.7. The summed E-state index contributed by atoms with van der Waals surface area (Å²) in [6.07, 6.45) is 0. The lowest BCUT2D eigenvalue weighted by molar-refractivity contribution is -0.384. The van der Waals surface area contributed by atoms with Gasteiger partial charge in [-0.25, -0.2) is 9.78 Å². The van der Waals surface area contributed by atoms with Crippen molar-refractivity contribution < 1.29 is 19.2 Å². The van der Waals surface area contributed by atoms with E-state index in [2.05, 4.69) is 10.3 Å². The van der Waals surface area contributed by atoms with Gasteiger partial charge < -0.3 is 4.74 Å². The Morgan fingerprint density at radius 1 is 1.24 bits per heavy atom. The summed E-state index contributed by atoms with van der Waals surface area (Å²) in [7, 11) is 0. The number of benzene rings is 2. The summed E-state index contributed by atoms with van der Waals surface area (Å²) in [5, 5.41) is 13.8. The number of nitro benzene ring substituents is 1. The summed E-state index contributed by atoms with van der Waals surface area (Å²) >= 11 is 7.18. The SMILES string of the molecule is Cc1sc(NC(=O)COC(=O)c2cc([N+](=O)[O-])ccc2Cl)nc1-c1ccccc1. The highest BCUT2D eigenvalue weighted by Crippen LogP contribution is 2.30. The predicted octanol–water partition coefficient (Wildman–Crippen LogP) is 4.48. The lowest BCUT2D eigenvalue weighted by Crippen LogP contribution is -2.21. The van der Waals surface area contributed by atoms with Crippen molar-refractivity contribution in [1.29, 1.82) is 0 Å². The third-order valence-corrected chi connectivity index (χ3v) is 5.02. The molecule has 10 heteroatoms. The molecule has 0 bridgehead atoms. The zero-order valence-electron chi connectivity index (χ0n) is 15.0. The van der Waals surface area contributed by atoms with Gasteiger partial charge in [0.25, 0.3) is 11.6 Å². The number of thiazole rings is 1. The van der Waals surface area contributed by atoms with Gasteiger partial charge in [0, 0.05) is 22.6 Å². The second kappa shape index (κ2) is 8.80. The van der Waals surface area contributed by atoms with Crippen molar-refractivity contribution in [3.63, 3.8) is 0 Å². The molecular formula is C19H14ClN3O5S. The maximum absolute atomic E-state index is 12.1. The van der Waals surface area contributed by atoms with Crippen LogP contribution in [0.3, 0.4) is 0 Å². The van der Waals surface area contributed by atoms with E-state index < -0.39 is 23.4 Å². The zero-order valence-corrected chi connectivity index (χ0v) is 16.6. The van der Waals surface area contributed by atoms with Crippen LogP contribution in [0, 0.1) is 17.0 Å². The van der Waals surface area contributed by atoms with Gasteiger partial charge in [-0.05, 0) is 13.0 Å². The third-order valence-electron chi connectivity index (χ3n) is 3.81. The number of non-ortho nitro benzene ring substituents is 1. The molecule has 1 N–H and O–H groups in total.